The summed E-state index contributed by atoms with van der Waals surface area (Å²) in [6, 6.07) is 3.32. The lowest BCUT2D eigenvalue weighted by Crippen LogP contribution is -2.09. The van der Waals surface area contributed by atoms with E-state index in [1.165, 1.54) is 0 Å². The van der Waals surface area contributed by atoms with Gasteiger partial charge in [0.2, 0.25) is 6.41 Å². The van der Waals surface area contributed by atoms with Crippen molar-refractivity contribution in [3.8, 4) is 0 Å². The fourth-order valence-corrected chi connectivity index (χ4v) is 2.49. The summed E-state index contributed by atoms with van der Waals surface area (Å²) < 4.78 is 6.22. The summed E-state index contributed by atoms with van der Waals surface area (Å²) in [6.45, 7) is 2.00. The Labute approximate surface area is 110 Å². The zero-order valence-corrected chi connectivity index (χ0v) is 11.6. The van der Waals surface area contributed by atoms with Crippen LogP contribution in [0.3, 0.4) is 0 Å². The minimum Gasteiger partial charge on any atom is -0.462 e. The highest BCUT2D eigenvalue weighted by molar-refractivity contribution is 9.11. The van der Waals surface area contributed by atoms with E-state index in [1.807, 2.05) is 0 Å². The van der Waals surface area contributed by atoms with Crippen LogP contribution in [-0.4, -0.2) is 19.0 Å². The molecule has 0 saturated heterocycles. The fraction of sp³-hybridized carbons (Fsp3) is 0.200. The van der Waals surface area contributed by atoms with Gasteiger partial charge in [0, 0.05) is 8.95 Å². The van der Waals surface area contributed by atoms with Gasteiger partial charge in [0.1, 0.15) is 0 Å². The number of hydrogen-bond acceptors (Lipinski definition) is 3. The lowest BCUT2D eigenvalue weighted by molar-refractivity contribution is -0.105. The zero-order valence-electron chi connectivity index (χ0n) is 8.42. The molecule has 0 bridgehead atoms. The molecule has 0 radical (unpaired) electrons. The quantitative estimate of drug-likeness (QED) is 0.671. The van der Waals surface area contributed by atoms with Gasteiger partial charge in [-0.25, -0.2) is 4.79 Å². The number of ether oxygens (including phenoxy) is 1. The van der Waals surface area contributed by atoms with Crippen molar-refractivity contribution < 1.29 is 14.3 Å². The van der Waals surface area contributed by atoms with Crippen molar-refractivity contribution in [3.05, 3.63) is 26.6 Å². The average Bonchev–Trinajstić information content (AvgIpc) is 2.22. The van der Waals surface area contributed by atoms with Gasteiger partial charge in [0.05, 0.1) is 17.9 Å². The number of carbonyl (C=O) groups is 2. The summed E-state index contributed by atoms with van der Waals surface area (Å²) in [6.07, 6.45) is 0.511. The van der Waals surface area contributed by atoms with Gasteiger partial charge in [-0.1, -0.05) is 15.9 Å². The summed E-state index contributed by atoms with van der Waals surface area (Å²) in [5.41, 5.74) is 0.701. The van der Waals surface area contributed by atoms with Crippen molar-refractivity contribution in [2.75, 3.05) is 11.9 Å². The number of anilines is 1. The second-order valence-electron chi connectivity index (χ2n) is 2.79. The predicted octanol–water partition coefficient (Wildman–Crippen LogP) is 2.96. The molecule has 1 N–H and O–H groups in total. The van der Waals surface area contributed by atoms with E-state index in [4.69, 9.17) is 4.74 Å². The number of amides is 1. The van der Waals surface area contributed by atoms with Gasteiger partial charge >= 0.3 is 5.97 Å². The molecule has 1 rings (SSSR count). The van der Waals surface area contributed by atoms with Crippen molar-refractivity contribution in [2.24, 2.45) is 0 Å². The number of carbonyl (C=O) groups excluding carboxylic acids is 2. The van der Waals surface area contributed by atoms with Crippen molar-refractivity contribution in [2.45, 2.75) is 6.92 Å². The highest BCUT2D eigenvalue weighted by atomic mass is 79.9. The number of rotatable bonds is 4. The van der Waals surface area contributed by atoms with E-state index in [-0.39, 0.29) is 6.61 Å². The van der Waals surface area contributed by atoms with E-state index in [2.05, 4.69) is 37.2 Å². The number of hydrogen-bond donors (Lipinski definition) is 1. The van der Waals surface area contributed by atoms with Gasteiger partial charge in [-0.3, -0.25) is 4.79 Å². The number of esters is 1. The first kappa shape index (κ1) is 13.2. The number of halogens is 2. The maximum absolute atomic E-state index is 11.6. The summed E-state index contributed by atoms with van der Waals surface area (Å²) in [4.78, 5) is 22.1. The SMILES string of the molecule is CCOC(=O)c1cc(Br)cc(Br)c1NC=O. The lowest BCUT2D eigenvalue weighted by atomic mass is 10.2. The first-order valence-electron chi connectivity index (χ1n) is 4.46. The molecular formula is C10H9Br2NO3. The Hall–Kier alpha value is -0.880. The van der Waals surface area contributed by atoms with Gasteiger partial charge in [0.25, 0.3) is 0 Å². The first-order valence-corrected chi connectivity index (χ1v) is 6.05. The molecule has 0 aliphatic rings. The fourth-order valence-electron chi connectivity index (χ4n) is 1.15. The van der Waals surface area contributed by atoms with Crippen molar-refractivity contribution in [1.29, 1.82) is 0 Å². The van der Waals surface area contributed by atoms with Crippen LogP contribution in [0.25, 0.3) is 0 Å². The molecule has 86 valence electrons. The molecule has 0 unspecified atom stereocenters. The van der Waals surface area contributed by atoms with Crippen LogP contribution in [0.2, 0.25) is 0 Å². The van der Waals surface area contributed by atoms with E-state index in [0.717, 1.165) is 4.47 Å². The van der Waals surface area contributed by atoms with Crippen LogP contribution in [-0.2, 0) is 9.53 Å². The molecule has 1 amide bonds. The molecule has 0 fully saturated rings. The molecule has 0 aliphatic heterocycles. The van der Waals surface area contributed by atoms with Crippen molar-refractivity contribution in [1.82, 2.24) is 0 Å². The Kier molecular flexibility index (Phi) is 4.95. The van der Waals surface area contributed by atoms with Crippen LogP contribution in [0.15, 0.2) is 21.1 Å². The zero-order chi connectivity index (χ0) is 12.1. The number of benzene rings is 1. The van der Waals surface area contributed by atoms with Crippen LogP contribution < -0.4 is 5.32 Å². The topological polar surface area (TPSA) is 55.4 Å². The molecule has 0 aliphatic carbocycles. The van der Waals surface area contributed by atoms with Crippen LogP contribution in [0.1, 0.15) is 17.3 Å². The van der Waals surface area contributed by atoms with Crippen LogP contribution >= 0.6 is 31.9 Å². The predicted molar refractivity (Wildman–Crippen MR) is 67.5 cm³/mol. The molecule has 0 aromatic heterocycles. The summed E-state index contributed by atoms with van der Waals surface area (Å²) in [5, 5.41) is 2.46. The molecule has 0 atom stereocenters. The molecule has 1 aromatic rings. The minimum absolute atomic E-state index is 0.281. The first-order chi connectivity index (χ1) is 7.60. The highest BCUT2D eigenvalue weighted by Gasteiger charge is 2.16. The maximum Gasteiger partial charge on any atom is 0.340 e. The average molecular weight is 351 g/mol. The summed E-state index contributed by atoms with van der Waals surface area (Å²) in [5.74, 6) is -0.478. The normalized spacial score (nSPS) is 9.69. The second kappa shape index (κ2) is 6.00. The van der Waals surface area contributed by atoms with E-state index >= 15 is 0 Å². The van der Waals surface area contributed by atoms with Crippen LogP contribution in [0.4, 0.5) is 5.69 Å². The van der Waals surface area contributed by atoms with E-state index in [1.54, 1.807) is 19.1 Å². The van der Waals surface area contributed by atoms with E-state index in [0.29, 0.717) is 22.1 Å². The second-order valence-corrected chi connectivity index (χ2v) is 4.56. The Morgan fingerprint density at radius 3 is 2.75 bits per heavy atom. The number of nitrogens with one attached hydrogen (secondary N) is 1. The van der Waals surface area contributed by atoms with Crippen LogP contribution in [0.5, 0.6) is 0 Å². The molecular weight excluding hydrogens is 342 g/mol. The molecule has 0 spiro atoms. The monoisotopic (exact) mass is 349 g/mol. The molecule has 1 aromatic carbocycles. The minimum atomic E-state index is -0.478. The van der Waals surface area contributed by atoms with Gasteiger partial charge < -0.3 is 10.1 Å². The summed E-state index contributed by atoms with van der Waals surface area (Å²) in [7, 11) is 0. The van der Waals surface area contributed by atoms with Gasteiger partial charge in [0.15, 0.2) is 0 Å². The third kappa shape index (κ3) is 3.05. The highest BCUT2D eigenvalue weighted by Crippen LogP contribution is 2.30. The van der Waals surface area contributed by atoms with Gasteiger partial charge in [-0.05, 0) is 35.0 Å². The maximum atomic E-state index is 11.6. The van der Waals surface area contributed by atoms with Crippen LogP contribution in [0, 0.1) is 0 Å². The Morgan fingerprint density at radius 1 is 1.50 bits per heavy atom. The third-order valence-electron chi connectivity index (χ3n) is 1.75. The van der Waals surface area contributed by atoms with Gasteiger partial charge in [-0.2, -0.15) is 0 Å². The Morgan fingerprint density at radius 2 is 2.19 bits per heavy atom. The smallest absolute Gasteiger partial charge is 0.340 e. The van der Waals surface area contributed by atoms with Crippen molar-refractivity contribution >= 4 is 49.9 Å². The van der Waals surface area contributed by atoms with Gasteiger partial charge in [-0.15, -0.1) is 0 Å². The molecule has 4 nitrogen and oxygen atoms in total. The van der Waals surface area contributed by atoms with E-state index < -0.39 is 5.97 Å². The molecule has 0 heterocycles. The summed E-state index contributed by atoms with van der Waals surface area (Å²) >= 11 is 6.52. The Bertz CT molecular complexity index is 421. The third-order valence-corrected chi connectivity index (χ3v) is 2.84. The molecule has 0 saturated carbocycles. The standard InChI is InChI=1S/C10H9Br2NO3/c1-2-16-10(15)7-3-6(11)4-8(12)9(7)13-5-14/h3-5H,2H2,1H3,(H,13,14). The largest absolute Gasteiger partial charge is 0.462 e. The molecule has 6 heteroatoms. The molecule has 16 heavy (non-hydrogen) atoms. The van der Waals surface area contributed by atoms with E-state index in [9.17, 15) is 9.59 Å². The Balaban J connectivity index is 3.22. The lowest BCUT2D eigenvalue weighted by Gasteiger charge is -2.10. The van der Waals surface area contributed by atoms with Crippen molar-refractivity contribution in [3.63, 3.8) is 0 Å².